The number of aromatic nitrogens is 1. The summed E-state index contributed by atoms with van der Waals surface area (Å²) in [6.45, 7) is 4.26. The van der Waals surface area contributed by atoms with Gasteiger partial charge in [-0.3, -0.25) is 9.78 Å². The Morgan fingerprint density at radius 2 is 1.88 bits per heavy atom. The highest BCUT2D eigenvalue weighted by molar-refractivity contribution is 5.86. The van der Waals surface area contributed by atoms with Crippen molar-refractivity contribution in [2.75, 3.05) is 7.11 Å². The number of hydrogen-bond donors (Lipinski definition) is 4. The van der Waals surface area contributed by atoms with Crippen LogP contribution in [0.4, 0.5) is 0 Å². The first-order valence-corrected chi connectivity index (χ1v) is 11.3. The van der Waals surface area contributed by atoms with E-state index in [2.05, 4.69) is 15.8 Å². The molecule has 4 atom stereocenters. The molecule has 2 aromatic carbocycles. The molecule has 0 spiro atoms. The first-order chi connectivity index (χ1) is 16.4. The Hall–Kier alpha value is -3.62. The van der Waals surface area contributed by atoms with Crippen LogP contribution in [0.3, 0.4) is 0 Å². The van der Waals surface area contributed by atoms with Crippen molar-refractivity contribution in [2.45, 2.75) is 38.5 Å². The molecule has 3 aromatic rings. The highest BCUT2D eigenvalue weighted by atomic mass is 16.5. The van der Waals surface area contributed by atoms with Crippen molar-refractivity contribution in [3.63, 3.8) is 0 Å². The zero-order chi connectivity index (χ0) is 24.0. The van der Waals surface area contributed by atoms with E-state index in [1.807, 2.05) is 49.1 Å². The zero-order valence-electron chi connectivity index (χ0n) is 19.3. The van der Waals surface area contributed by atoms with Crippen LogP contribution in [0, 0.1) is 19.8 Å². The number of nitrogens with zero attached hydrogens (tertiary/aromatic N) is 2. The molecule has 2 aliphatic rings. The van der Waals surface area contributed by atoms with Gasteiger partial charge in [-0.25, -0.2) is 10.9 Å². The van der Waals surface area contributed by atoms with E-state index in [4.69, 9.17) is 4.74 Å². The quantitative estimate of drug-likeness (QED) is 0.464. The van der Waals surface area contributed by atoms with Gasteiger partial charge in [0.1, 0.15) is 11.8 Å². The van der Waals surface area contributed by atoms with Gasteiger partial charge in [0.25, 0.3) is 0 Å². The number of phenolic OH excluding ortho intramolecular Hbond substituents is 2. The number of nitrogens with one attached hydrogen (secondary N) is 2. The molecule has 3 heterocycles. The molecule has 1 amide bonds. The lowest BCUT2D eigenvalue weighted by atomic mass is 9.82. The van der Waals surface area contributed by atoms with E-state index in [9.17, 15) is 15.0 Å². The number of likely N-dealkylation sites (tertiary alicyclic amines) is 1. The average molecular weight is 461 g/mol. The van der Waals surface area contributed by atoms with Gasteiger partial charge in [-0.2, -0.15) is 0 Å². The van der Waals surface area contributed by atoms with Crippen LogP contribution in [0.1, 0.15) is 39.9 Å². The normalized spacial score (nSPS) is 23.9. The summed E-state index contributed by atoms with van der Waals surface area (Å²) in [5, 5.41) is 21.1. The molecule has 8 nitrogen and oxygen atoms in total. The number of aryl methyl sites for hydroxylation is 2. The number of benzene rings is 2. The van der Waals surface area contributed by atoms with Crippen molar-refractivity contribution in [3.8, 4) is 17.2 Å². The van der Waals surface area contributed by atoms with Crippen molar-refractivity contribution in [1.82, 2.24) is 20.7 Å². The molecule has 8 heteroatoms. The second-order valence-electron chi connectivity index (χ2n) is 9.04. The fraction of sp³-hybridized carbons (Fsp3) is 0.308. The number of ether oxygens (including phenoxy) is 1. The highest BCUT2D eigenvalue weighted by Crippen LogP contribution is 2.50. The van der Waals surface area contributed by atoms with E-state index >= 15 is 0 Å². The molecule has 2 aliphatic heterocycles. The number of aromatic hydroxyl groups is 2. The minimum atomic E-state index is -0.480. The molecule has 4 unspecified atom stereocenters. The second kappa shape index (κ2) is 8.62. The predicted octanol–water partition coefficient (Wildman–Crippen LogP) is 3.04. The number of fused-ring (bicyclic) bond motifs is 1. The standard InChI is InChI=1S/C26H28N4O4/c1-14-9-15(2)25(32)18(10-14)22-21-23(29-28-22)26(33)30(13-16-5-4-8-27-12-16)24(21)17-6-7-19(31)20(11-17)34-3/h4-12,21-24,28-29,31-32H,13H2,1-3H3. The number of phenols is 2. The number of carbonyl (C=O) groups is 1. The number of methoxy groups -OCH3 is 1. The van der Waals surface area contributed by atoms with Crippen LogP contribution in [0.2, 0.25) is 0 Å². The molecule has 5 rings (SSSR count). The van der Waals surface area contributed by atoms with Crippen molar-refractivity contribution in [1.29, 1.82) is 0 Å². The van der Waals surface area contributed by atoms with Crippen LogP contribution in [-0.2, 0) is 11.3 Å². The molecule has 2 saturated heterocycles. The Morgan fingerprint density at radius 1 is 1.09 bits per heavy atom. The molecule has 0 bridgehead atoms. The Bertz CT molecular complexity index is 1230. The van der Waals surface area contributed by atoms with Crippen molar-refractivity contribution < 1.29 is 19.7 Å². The number of pyridine rings is 1. The predicted molar refractivity (Wildman–Crippen MR) is 126 cm³/mol. The van der Waals surface area contributed by atoms with Gasteiger partial charge < -0.3 is 19.8 Å². The first-order valence-electron chi connectivity index (χ1n) is 11.3. The Morgan fingerprint density at radius 3 is 2.62 bits per heavy atom. The number of hydrazine groups is 1. The number of carbonyl (C=O) groups excluding carboxylic acids is 1. The third-order valence-electron chi connectivity index (χ3n) is 6.84. The Labute approximate surface area is 198 Å². The van der Waals surface area contributed by atoms with Gasteiger partial charge in [0.2, 0.25) is 5.91 Å². The SMILES string of the molecule is COc1cc(C2C3C(NNC3c3cc(C)cc(C)c3O)C(=O)N2Cc2cccnc2)ccc1O. The zero-order valence-corrected chi connectivity index (χ0v) is 19.3. The van der Waals surface area contributed by atoms with Gasteiger partial charge in [0.05, 0.1) is 19.2 Å². The van der Waals surface area contributed by atoms with Gasteiger partial charge in [-0.05, 0) is 48.7 Å². The van der Waals surface area contributed by atoms with E-state index in [0.29, 0.717) is 12.3 Å². The molecule has 176 valence electrons. The Balaban J connectivity index is 1.62. The summed E-state index contributed by atoms with van der Waals surface area (Å²) in [4.78, 5) is 19.7. The lowest BCUT2D eigenvalue weighted by molar-refractivity contribution is -0.131. The molecule has 0 saturated carbocycles. The van der Waals surface area contributed by atoms with Crippen LogP contribution < -0.4 is 15.6 Å². The van der Waals surface area contributed by atoms with Crippen LogP contribution in [0.15, 0.2) is 54.9 Å². The van der Waals surface area contributed by atoms with E-state index in [0.717, 1.165) is 27.8 Å². The smallest absolute Gasteiger partial charge is 0.242 e. The van der Waals surface area contributed by atoms with Crippen molar-refractivity contribution in [3.05, 3.63) is 82.7 Å². The van der Waals surface area contributed by atoms with Gasteiger partial charge in [-0.1, -0.05) is 29.8 Å². The fourth-order valence-electron chi connectivity index (χ4n) is 5.34. The molecule has 1 aromatic heterocycles. The van der Waals surface area contributed by atoms with Crippen LogP contribution in [-0.4, -0.2) is 39.2 Å². The molecular weight excluding hydrogens is 432 g/mol. The summed E-state index contributed by atoms with van der Waals surface area (Å²) in [5.74, 6) is 0.359. The fourth-order valence-corrected chi connectivity index (χ4v) is 5.34. The van der Waals surface area contributed by atoms with Crippen molar-refractivity contribution in [2.24, 2.45) is 5.92 Å². The van der Waals surface area contributed by atoms with Crippen LogP contribution in [0.25, 0.3) is 0 Å². The minimum Gasteiger partial charge on any atom is -0.507 e. The van der Waals surface area contributed by atoms with Gasteiger partial charge in [0, 0.05) is 30.4 Å². The number of amides is 1. The topological polar surface area (TPSA) is 107 Å². The molecule has 4 N–H and O–H groups in total. The monoisotopic (exact) mass is 460 g/mol. The van der Waals surface area contributed by atoms with Gasteiger partial charge in [0.15, 0.2) is 11.5 Å². The molecule has 0 aliphatic carbocycles. The second-order valence-corrected chi connectivity index (χ2v) is 9.04. The van der Waals surface area contributed by atoms with Crippen LogP contribution in [0.5, 0.6) is 17.2 Å². The highest BCUT2D eigenvalue weighted by Gasteiger charge is 2.56. The maximum absolute atomic E-state index is 13.7. The van der Waals surface area contributed by atoms with E-state index < -0.39 is 6.04 Å². The van der Waals surface area contributed by atoms with Crippen LogP contribution >= 0.6 is 0 Å². The van der Waals surface area contributed by atoms with Gasteiger partial charge in [-0.15, -0.1) is 0 Å². The summed E-state index contributed by atoms with van der Waals surface area (Å²) in [6.07, 6.45) is 3.46. The maximum atomic E-state index is 13.7. The average Bonchev–Trinajstić information content (AvgIpc) is 3.37. The lowest BCUT2D eigenvalue weighted by Crippen LogP contribution is -2.41. The summed E-state index contributed by atoms with van der Waals surface area (Å²) in [5.41, 5.74) is 10.8. The summed E-state index contributed by atoms with van der Waals surface area (Å²) < 4.78 is 5.36. The van der Waals surface area contributed by atoms with E-state index in [1.54, 1.807) is 24.5 Å². The number of hydrogen-bond acceptors (Lipinski definition) is 7. The molecule has 2 fully saturated rings. The third-order valence-corrected chi connectivity index (χ3v) is 6.84. The molecule has 34 heavy (non-hydrogen) atoms. The first kappa shape index (κ1) is 22.2. The largest absolute Gasteiger partial charge is 0.507 e. The van der Waals surface area contributed by atoms with E-state index in [1.165, 1.54) is 7.11 Å². The van der Waals surface area contributed by atoms with E-state index in [-0.39, 0.29) is 35.4 Å². The summed E-state index contributed by atoms with van der Waals surface area (Å²) in [6, 6.07) is 11.8. The summed E-state index contributed by atoms with van der Waals surface area (Å²) >= 11 is 0. The van der Waals surface area contributed by atoms with Crippen molar-refractivity contribution >= 4 is 5.91 Å². The third kappa shape index (κ3) is 3.65. The molecule has 0 radical (unpaired) electrons. The molecular formula is C26H28N4O4. The Kier molecular flexibility index (Phi) is 5.63. The van der Waals surface area contributed by atoms with Gasteiger partial charge >= 0.3 is 0 Å². The lowest BCUT2D eigenvalue weighted by Gasteiger charge is -2.32. The maximum Gasteiger partial charge on any atom is 0.242 e. The minimum absolute atomic E-state index is 0.0373. The summed E-state index contributed by atoms with van der Waals surface area (Å²) in [7, 11) is 1.50. The number of rotatable bonds is 5.